The Morgan fingerprint density at radius 3 is 1.33 bits per heavy atom. The summed E-state index contributed by atoms with van der Waals surface area (Å²) in [6.45, 7) is 0. The predicted octanol–water partition coefficient (Wildman–Crippen LogP) is 3.11. The molecule has 0 heterocycles. The summed E-state index contributed by atoms with van der Waals surface area (Å²) in [7, 11) is 0. The Kier molecular flexibility index (Phi) is 3.96. The van der Waals surface area contributed by atoms with Crippen molar-refractivity contribution in [1.82, 2.24) is 0 Å². The first kappa shape index (κ1) is 7.88. The SMILES string of the molecule is BrOC(Br)(Br)Br. The molecule has 38 valence electrons. The largest absolute Gasteiger partial charge is 0.267 e. The predicted molar refractivity (Wildman–Crippen MR) is 39.5 cm³/mol. The van der Waals surface area contributed by atoms with Crippen LogP contribution in [0.25, 0.3) is 0 Å². The standard InChI is InChI=1S/CBr4O/c2-1(3,4)6-5. The van der Waals surface area contributed by atoms with Gasteiger partial charge in [0.15, 0.2) is 0 Å². The van der Waals surface area contributed by atoms with Gasteiger partial charge >= 0.3 is 0 Å². The van der Waals surface area contributed by atoms with Gasteiger partial charge in [-0.2, -0.15) is 0 Å². The van der Waals surface area contributed by atoms with Gasteiger partial charge in [-0.3, -0.25) is 3.83 Å². The van der Waals surface area contributed by atoms with Gasteiger partial charge in [-0.05, 0) is 47.8 Å². The van der Waals surface area contributed by atoms with Crippen LogP contribution in [0.3, 0.4) is 0 Å². The van der Waals surface area contributed by atoms with Crippen molar-refractivity contribution in [3.63, 3.8) is 0 Å². The molecule has 0 aliphatic heterocycles. The van der Waals surface area contributed by atoms with E-state index in [1.165, 1.54) is 0 Å². The summed E-state index contributed by atoms with van der Waals surface area (Å²) in [6.07, 6.45) is 0. The Hall–Kier alpha value is 1.88. The molecule has 0 fully saturated rings. The summed E-state index contributed by atoms with van der Waals surface area (Å²) in [5.41, 5.74) is 0. The molecule has 0 spiro atoms. The lowest BCUT2D eigenvalue weighted by Gasteiger charge is -2.03. The van der Waals surface area contributed by atoms with Crippen LogP contribution in [-0.4, -0.2) is 2.33 Å². The van der Waals surface area contributed by atoms with Gasteiger partial charge < -0.3 is 0 Å². The molecule has 0 aromatic rings. The van der Waals surface area contributed by atoms with E-state index in [2.05, 4.69) is 67.9 Å². The molecular weight excluding hydrogens is 348 g/mol. The maximum Gasteiger partial charge on any atom is 0.245 e. The first-order valence-electron chi connectivity index (χ1n) is 0.925. The lowest BCUT2D eigenvalue weighted by atomic mass is 11.7. The van der Waals surface area contributed by atoms with Crippen molar-refractivity contribution in [1.29, 1.82) is 0 Å². The highest BCUT2D eigenvalue weighted by Gasteiger charge is 2.15. The summed E-state index contributed by atoms with van der Waals surface area (Å²) in [5, 5.41) is 0. The second kappa shape index (κ2) is 3.02. The van der Waals surface area contributed by atoms with Crippen molar-refractivity contribution in [2.45, 2.75) is 2.33 Å². The van der Waals surface area contributed by atoms with E-state index in [-0.39, 0.29) is 0 Å². The van der Waals surface area contributed by atoms with Crippen LogP contribution in [0.5, 0.6) is 0 Å². The topological polar surface area (TPSA) is 9.23 Å². The van der Waals surface area contributed by atoms with E-state index in [0.29, 0.717) is 0 Å². The van der Waals surface area contributed by atoms with Crippen molar-refractivity contribution in [2.24, 2.45) is 0 Å². The average Bonchev–Trinajstić information content (AvgIpc) is 1.35. The molecule has 0 unspecified atom stereocenters. The van der Waals surface area contributed by atoms with Crippen LogP contribution in [0, 0.1) is 0 Å². The van der Waals surface area contributed by atoms with Crippen molar-refractivity contribution in [3.05, 3.63) is 0 Å². The number of alkyl halides is 3. The van der Waals surface area contributed by atoms with Gasteiger partial charge in [0.1, 0.15) is 16.3 Å². The van der Waals surface area contributed by atoms with Gasteiger partial charge in [-0.25, -0.2) is 0 Å². The molecule has 0 aliphatic carbocycles. The zero-order valence-corrected chi connectivity index (χ0v) is 8.76. The van der Waals surface area contributed by atoms with Gasteiger partial charge in [0.05, 0.1) is 0 Å². The lowest BCUT2D eigenvalue weighted by Crippen LogP contribution is -1.94. The second-order valence-electron chi connectivity index (χ2n) is 0.523. The van der Waals surface area contributed by atoms with Crippen molar-refractivity contribution >= 4 is 64.0 Å². The zero-order valence-electron chi connectivity index (χ0n) is 2.42. The van der Waals surface area contributed by atoms with Gasteiger partial charge in [0.25, 0.3) is 0 Å². The van der Waals surface area contributed by atoms with Crippen LogP contribution in [0.2, 0.25) is 0 Å². The summed E-state index contributed by atoms with van der Waals surface area (Å²) in [5.74, 6) is 0. The van der Waals surface area contributed by atoms with E-state index < -0.39 is 2.33 Å². The Morgan fingerprint density at radius 1 is 1.17 bits per heavy atom. The molecule has 6 heavy (non-hydrogen) atoms. The minimum atomic E-state index is -0.604. The minimum Gasteiger partial charge on any atom is -0.267 e. The molecule has 0 saturated carbocycles. The molecular formula is CBr4O. The summed E-state index contributed by atoms with van der Waals surface area (Å²) in [6, 6.07) is 0. The minimum absolute atomic E-state index is 0.604. The van der Waals surface area contributed by atoms with E-state index in [1.807, 2.05) is 0 Å². The first-order chi connectivity index (χ1) is 2.56. The van der Waals surface area contributed by atoms with Crippen LogP contribution in [0.1, 0.15) is 0 Å². The van der Waals surface area contributed by atoms with Crippen LogP contribution in [0.15, 0.2) is 0 Å². The third kappa shape index (κ3) is 5.88. The average molecular weight is 348 g/mol. The fourth-order valence-electron chi connectivity index (χ4n) is 0. The number of halogens is 4. The maximum atomic E-state index is 4.50. The second-order valence-corrected chi connectivity index (χ2v) is 7.39. The summed E-state index contributed by atoms with van der Waals surface area (Å²) in [4.78, 5) is 0. The molecule has 0 radical (unpaired) electrons. The summed E-state index contributed by atoms with van der Waals surface area (Å²) < 4.78 is 3.90. The molecule has 0 amide bonds. The zero-order chi connectivity index (χ0) is 5.21. The highest BCUT2D eigenvalue weighted by atomic mass is 80.0. The van der Waals surface area contributed by atoms with E-state index in [9.17, 15) is 0 Å². The Morgan fingerprint density at radius 2 is 1.33 bits per heavy atom. The van der Waals surface area contributed by atoms with Gasteiger partial charge in [0.2, 0.25) is 2.33 Å². The summed E-state index contributed by atoms with van der Waals surface area (Å²) >= 11 is 11.9. The third-order valence-corrected chi connectivity index (χ3v) is 2.36. The monoisotopic (exact) mass is 344 g/mol. The molecule has 1 nitrogen and oxygen atoms in total. The fourth-order valence-corrected chi connectivity index (χ4v) is 0. The Labute approximate surface area is 69.6 Å². The smallest absolute Gasteiger partial charge is 0.245 e. The maximum absolute atomic E-state index is 4.50. The first-order valence-corrected chi connectivity index (χ1v) is 3.95. The molecule has 0 bridgehead atoms. The van der Waals surface area contributed by atoms with Crippen molar-refractivity contribution < 1.29 is 3.83 Å². The van der Waals surface area contributed by atoms with Crippen LogP contribution >= 0.6 is 64.0 Å². The van der Waals surface area contributed by atoms with E-state index in [0.717, 1.165) is 0 Å². The van der Waals surface area contributed by atoms with Crippen LogP contribution in [0.4, 0.5) is 0 Å². The number of hydrogen-bond acceptors (Lipinski definition) is 1. The number of rotatable bonds is 0. The van der Waals surface area contributed by atoms with Crippen LogP contribution in [-0.2, 0) is 3.83 Å². The van der Waals surface area contributed by atoms with E-state index >= 15 is 0 Å². The fraction of sp³-hybridized carbons (Fsp3) is 1.00. The Bertz CT molecular complexity index is 37.3. The van der Waals surface area contributed by atoms with E-state index in [1.54, 1.807) is 0 Å². The molecule has 0 aromatic carbocycles. The molecule has 0 rings (SSSR count). The highest BCUT2D eigenvalue weighted by molar-refractivity contribution is 9.39. The van der Waals surface area contributed by atoms with Gasteiger partial charge in [-0.15, -0.1) is 0 Å². The molecule has 0 aromatic heterocycles. The molecule has 5 heteroatoms. The highest BCUT2D eigenvalue weighted by Crippen LogP contribution is 2.36. The lowest BCUT2D eigenvalue weighted by molar-refractivity contribution is 0.449. The van der Waals surface area contributed by atoms with Crippen molar-refractivity contribution in [2.75, 3.05) is 0 Å². The molecule has 0 atom stereocenters. The van der Waals surface area contributed by atoms with Gasteiger partial charge in [-0.1, -0.05) is 0 Å². The van der Waals surface area contributed by atoms with Crippen LogP contribution < -0.4 is 0 Å². The number of hydrogen-bond donors (Lipinski definition) is 0. The van der Waals surface area contributed by atoms with Crippen molar-refractivity contribution in [3.8, 4) is 0 Å². The molecule has 0 N–H and O–H groups in total. The molecule has 0 saturated heterocycles. The van der Waals surface area contributed by atoms with Gasteiger partial charge in [0, 0.05) is 0 Å². The molecule has 0 aliphatic rings. The normalized spacial score (nSPS) is 12.0. The quantitative estimate of drug-likeness (QED) is 0.612. The third-order valence-electron chi connectivity index (χ3n) is 0.0875. The van der Waals surface area contributed by atoms with E-state index in [4.69, 9.17) is 0 Å². The Balaban J connectivity index is 3.17.